The molecule has 0 amide bonds. The molecular weight excluding hydrogens is 340 g/mol. The van der Waals surface area contributed by atoms with Crippen LogP contribution in [-0.2, 0) is 20.2 Å². The zero-order valence-corrected chi connectivity index (χ0v) is 15.3. The third kappa shape index (κ3) is 4.00. The van der Waals surface area contributed by atoms with E-state index in [1.807, 2.05) is 0 Å². The third-order valence-electron chi connectivity index (χ3n) is 4.10. The molecule has 0 atom stereocenters. The Hall–Kier alpha value is -1.55. The number of hydrogen-bond acceptors (Lipinski definition) is 5. The second-order valence-electron chi connectivity index (χ2n) is 7.94. The van der Waals surface area contributed by atoms with Crippen molar-refractivity contribution in [2.75, 3.05) is 0 Å². The highest BCUT2D eigenvalue weighted by atomic mass is 19.4. The number of alkyl halides is 3. The van der Waals surface area contributed by atoms with Gasteiger partial charge < -0.3 is 14.0 Å². The first kappa shape index (κ1) is 19.8. The average molecular weight is 362 g/mol. The van der Waals surface area contributed by atoms with E-state index in [1.54, 1.807) is 48.5 Å². The van der Waals surface area contributed by atoms with Gasteiger partial charge in [-0.3, -0.25) is 0 Å². The van der Waals surface area contributed by atoms with Crippen molar-refractivity contribution in [1.29, 1.82) is 0 Å². The Morgan fingerprint density at radius 2 is 1.64 bits per heavy atom. The molecule has 1 fully saturated rings. The number of carbonyl (C=O) groups is 1. The van der Waals surface area contributed by atoms with Gasteiger partial charge in [0, 0.05) is 11.7 Å². The van der Waals surface area contributed by atoms with Gasteiger partial charge in [-0.15, -0.1) is 0 Å². The number of ether oxygens (including phenoxy) is 1. The molecule has 0 N–H and O–H groups in total. The average Bonchev–Trinajstić information content (AvgIpc) is 2.86. The van der Waals surface area contributed by atoms with Crippen molar-refractivity contribution in [3.8, 4) is 0 Å². The molecule has 0 spiro atoms. The van der Waals surface area contributed by atoms with Crippen LogP contribution in [0.1, 0.15) is 54.2 Å². The molecule has 0 aromatic carbocycles. The topological polar surface area (TPSA) is 62.6 Å². The SMILES string of the molecule is CC(C)(C)OC(=O)n1cc(B2OC(C)(C)C(C)(C)O2)c(C(F)(F)F)n1. The molecule has 10 heteroatoms. The lowest BCUT2D eigenvalue weighted by Gasteiger charge is -2.32. The lowest BCUT2D eigenvalue weighted by Crippen LogP contribution is -2.41. The van der Waals surface area contributed by atoms with Gasteiger partial charge in [0.25, 0.3) is 0 Å². The fourth-order valence-corrected chi connectivity index (χ4v) is 2.15. The van der Waals surface area contributed by atoms with Gasteiger partial charge in [0.2, 0.25) is 0 Å². The molecule has 1 aromatic rings. The van der Waals surface area contributed by atoms with Crippen molar-refractivity contribution in [2.45, 2.75) is 71.4 Å². The molecule has 2 rings (SSSR count). The van der Waals surface area contributed by atoms with Gasteiger partial charge in [0.15, 0.2) is 5.69 Å². The summed E-state index contributed by atoms with van der Waals surface area (Å²) in [7, 11) is -1.29. The maximum atomic E-state index is 13.4. The number of rotatable bonds is 1. The van der Waals surface area contributed by atoms with Gasteiger partial charge >= 0.3 is 19.4 Å². The van der Waals surface area contributed by atoms with Crippen LogP contribution in [0, 0.1) is 0 Å². The van der Waals surface area contributed by atoms with Crippen molar-refractivity contribution in [3.63, 3.8) is 0 Å². The number of hydrogen-bond donors (Lipinski definition) is 0. The second-order valence-corrected chi connectivity index (χ2v) is 7.94. The predicted octanol–water partition coefficient (Wildman–Crippen LogP) is 2.98. The fraction of sp³-hybridized carbons (Fsp3) is 0.733. The van der Waals surface area contributed by atoms with Crippen molar-refractivity contribution in [2.24, 2.45) is 0 Å². The summed E-state index contributed by atoms with van der Waals surface area (Å²) in [6.07, 6.45) is -4.84. The van der Waals surface area contributed by atoms with E-state index in [0.29, 0.717) is 4.68 Å². The number of carbonyl (C=O) groups excluding carboxylic acids is 1. The van der Waals surface area contributed by atoms with Gasteiger partial charge in [0.1, 0.15) is 5.60 Å². The first-order valence-corrected chi connectivity index (χ1v) is 7.79. The molecule has 25 heavy (non-hydrogen) atoms. The Balaban J connectivity index is 2.43. The Labute approximate surface area is 144 Å². The van der Waals surface area contributed by atoms with Crippen LogP contribution in [0.2, 0.25) is 0 Å². The normalized spacial score (nSPS) is 20.0. The zero-order valence-electron chi connectivity index (χ0n) is 15.3. The standard InChI is InChI=1S/C15H22BF3N2O4/c1-12(2,3)23-11(22)21-8-9(10(20-21)15(17,18)19)16-24-13(4,5)14(6,7)25-16/h8H,1-7H3. The van der Waals surface area contributed by atoms with Gasteiger partial charge in [-0.25, -0.2) is 4.79 Å². The van der Waals surface area contributed by atoms with Crippen LogP contribution in [0.4, 0.5) is 18.0 Å². The fourth-order valence-electron chi connectivity index (χ4n) is 2.15. The molecule has 1 aromatic heterocycles. The van der Waals surface area contributed by atoms with Crippen molar-refractivity contribution in [1.82, 2.24) is 9.78 Å². The number of nitrogens with zero attached hydrogens (tertiary/aromatic N) is 2. The lowest BCUT2D eigenvalue weighted by atomic mass is 9.79. The Morgan fingerprint density at radius 3 is 2.04 bits per heavy atom. The minimum Gasteiger partial charge on any atom is -0.442 e. The molecule has 0 radical (unpaired) electrons. The van der Waals surface area contributed by atoms with Crippen molar-refractivity contribution < 1.29 is 32.0 Å². The third-order valence-corrected chi connectivity index (χ3v) is 4.10. The molecule has 0 unspecified atom stereocenters. The van der Waals surface area contributed by atoms with Crippen LogP contribution in [0.15, 0.2) is 6.20 Å². The molecule has 0 aliphatic carbocycles. The van der Waals surface area contributed by atoms with E-state index in [2.05, 4.69) is 5.10 Å². The van der Waals surface area contributed by atoms with Crippen LogP contribution < -0.4 is 5.46 Å². The maximum absolute atomic E-state index is 13.4. The van der Waals surface area contributed by atoms with E-state index in [0.717, 1.165) is 6.20 Å². The van der Waals surface area contributed by atoms with E-state index in [9.17, 15) is 18.0 Å². The molecule has 1 aliphatic rings. The van der Waals surface area contributed by atoms with Gasteiger partial charge in [-0.1, -0.05) is 0 Å². The van der Waals surface area contributed by atoms with E-state index in [1.165, 1.54) is 0 Å². The predicted molar refractivity (Wildman–Crippen MR) is 84.6 cm³/mol. The summed E-state index contributed by atoms with van der Waals surface area (Å²) >= 11 is 0. The molecule has 1 saturated heterocycles. The first-order chi connectivity index (χ1) is 11.0. The van der Waals surface area contributed by atoms with Crippen LogP contribution >= 0.6 is 0 Å². The Morgan fingerprint density at radius 1 is 1.16 bits per heavy atom. The lowest BCUT2D eigenvalue weighted by molar-refractivity contribution is -0.140. The Bertz CT molecular complexity index is 661. The minimum atomic E-state index is -4.77. The van der Waals surface area contributed by atoms with E-state index < -0.39 is 41.9 Å². The minimum absolute atomic E-state index is 0.364. The highest BCUT2D eigenvalue weighted by Crippen LogP contribution is 2.37. The zero-order chi connectivity index (χ0) is 19.4. The van der Waals surface area contributed by atoms with Gasteiger partial charge in [-0.05, 0) is 48.5 Å². The van der Waals surface area contributed by atoms with E-state index >= 15 is 0 Å². The van der Waals surface area contributed by atoms with Crippen LogP contribution in [0.5, 0.6) is 0 Å². The molecule has 6 nitrogen and oxygen atoms in total. The summed E-state index contributed by atoms with van der Waals surface area (Å²) in [5.41, 5.74) is -4.12. The highest BCUT2D eigenvalue weighted by Gasteiger charge is 2.55. The summed E-state index contributed by atoms with van der Waals surface area (Å²) < 4.78 is 57.0. The molecule has 1 aliphatic heterocycles. The van der Waals surface area contributed by atoms with Crippen LogP contribution in [-0.4, -0.2) is 39.8 Å². The maximum Gasteiger partial charge on any atom is 0.498 e. The summed E-state index contributed by atoms with van der Waals surface area (Å²) in [6, 6.07) is 0. The monoisotopic (exact) mass is 362 g/mol. The molecule has 0 bridgehead atoms. The van der Waals surface area contributed by atoms with Gasteiger partial charge in [0.05, 0.1) is 11.2 Å². The van der Waals surface area contributed by atoms with Crippen molar-refractivity contribution >= 4 is 18.7 Å². The van der Waals surface area contributed by atoms with Crippen LogP contribution in [0.3, 0.4) is 0 Å². The van der Waals surface area contributed by atoms with Crippen molar-refractivity contribution in [3.05, 3.63) is 11.9 Å². The smallest absolute Gasteiger partial charge is 0.442 e. The number of halogens is 3. The summed E-state index contributed by atoms with van der Waals surface area (Å²) in [6.45, 7) is 11.7. The highest BCUT2D eigenvalue weighted by molar-refractivity contribution is 6.62. The molecule has 140 valence electrons. The van der Waals surface area contributed by atoms with E-state index in [-0.39, 0.29) is 5.46 Å². The summed E-state index contributed by atoms with van der Waals surface area (Å²) in [5.74, 6) is 0. The quantitative estimate of drug-likeness (QED) is 0.719. The largest absolute Gasteiger partial charge is 0.498 e. The first-order valence-electron chi connectivity index (χ1n) is 7.79. The summed E-state index contributed by atoms with van der Waals surface area (Å²) in [5, 5.41) is 3.36. The van der Waals surface area contributed by atoms with Crippen LogP contribution in [0.25, 0.3) is 0 Å². The number of aromatic nitrogens is 2. The molecule has 2 heterocycles. The molecular formula is C15H22BF3N2O4. The summed E-state index contributed by atoms with van der Waals surface area (Å²) in [4.78, 5) is 12.1. The van der Waals surface area contributed by atoms with E-state index in [4.69, 9.17) is 14.0 Å². The second kappa shape index (κ2) is 5.73. The Kier molecular flexibility index (Phi) is 4.54. The molecule has 0 saturated carbocycles. The van der Waals surface area contributed by atoms with Gasteiger partial charge in [-0.2, -0.15) is 23.0 Å².